The highest BCUT2D eigenvalue weighted by atomic mass is 16.7. The van der Waals surface area contributed by atoms with Crippen LogP contribution in [0.15, 0.2) is 127 Å². The van der Waals surface area contributed by atoms with Crippen molar-refractivity contribution in [2.24, 2.45) is 0 Å². The Kier molecular flexibility index (Phi) is 11.0. The summed E-state index contributed by atoms with van der Waals surface area (Å²) in [6.45, 7) is 4.46. The summed E-state index contributed by atoms with van der Waals surface area (Å²) in [5, 5.41) is 23.7. The Morgan fingerprint density at radius 1 is 0.788 bits per heavy atom. The van der Waals surface area contributed by atoms with Gasteiger partial charge in [0.15, 0.2) is 6.29 Å². The molecule has 0 saturated carbocycles. The SMILES string of the molecule is O=C(NCc1ccccc1-c1ccc([C@H]2O[C@@H](CN3CCN(c4ccc([N+](=O)[O-])cc4)CC3)C[C@@H](c3ccc(CO)cc3)O2)cc1)c1ccccc1. The van der Waals surface area contributed by atoms with Crippen LogP contribution in [0.5, 0.6) is 0 Å². The Balaban J connectivity index is 1.04. The van der Waals surface area contributed by atoms with E-state index in [1.54, 1.807) is 24.3 Å². The molecule has 52 heavy (non-hydrogen) atoms. The number of nitrogens with zero attached hydrogens (tertiary/aromatic N) is 3. The number of anilines is 1. The Bertz CT molecular complexity index is 1950. The van der Waals surface area contributed by atoms with Crippen molar-refractivity contribution < 1.29 is 24.3 Å². The smallest absolute Gasteiger partial charge is 0.269 e. The fourth-order valence-corrected chi connectivity index (χ4v) is 6.94. The van der Waals surface area contributed by atoms with Gasteiger partial charge in [0.05, 0.1) is 23.7 Å². The molecule has 0 spiro atoms. The molecule has 266 valence electrons. The molecule has 2 aliphatic rings. The number of carbonyl (C=O) groups excluding carboxylic acids is 1. The number of rotatable bonds is 11. The number of carbonyl (C=O) groups is 1. The number of piperazine rings is 1. The Labute approximate surface area is 303 Å². The highest BCUT2D eigenvalue weighted by Gasteiger charge is 2.34. The van der Waals surface area contributed by atoms with Gasteiger partial charge in [0.2, 0.25) is 0 Å². The van der Waals surface area contributed by atoms with E-state index in [-0.39, 0.29) is 35.3 Å². The lowest BCUT2D eigenvalue weighted by atomic mass is 9.97. The van der Waals surface area contributed by atoms with E-state index >= 15 is 0 Å². The highest BCUT2D eigenvalue weighted by Crippen LogP contribution is 2.39. The van der Waals surface area contributed by atoms with Crippen molar-refractivity contribution in [1.82, 2.24) is 10.2 Å². The van der Waals surface area contributed by atoms with Crippen molar-refractivity contribution in [2.45, 2.75) is 38.1 Å². The first-order valence-corrected chi connectivity index (χ1v) is 17.7. The van der Waals surface area contributed by atoms with Crippen LogP contribution in [0.3, 0.4) is 0 Å². The van der Waals surface area contributed by atoms with E-state index in [0.717, 1.165) is 71.8 Å². The number of hydrogen-bond acceptors (Lipinski definition) is 8. The molecule has 2 aliphatic heterocycles. The largest absolute Gasteiger partial charge is 0.392 e. The van der Waals surface area contributed by atoms with E-state index in [9.17, 15) is 20.0 Å². The Morgan fingerprint density at radius 3 is 2.15 bits per heavy atom. The van der Waals surface area contributed by atoms with Gasteiger partial charge >= 0.3 is 0 Å². The average molecular weight is 699 g/mol. The van der Waals surface area contributed by atoms with Gasteiger partial charge < -0.3 is 24.8 Å². The summed E-state index contributed by atoms with van der Waals surface area (Å²) in [6, 6.07) is 40.2. The van der Waals surface area contributed by atoms with Crippen molar-refractivity contribution in [1.29, 1.82) is 0 Å². The minimum Gasteiger partial charge on any atom is -0.392 e. The third-order valence-electron chi connectivity index (χ3n) is 9.86. The third kappa shape index (κ3) is 8.38. The van der Waals surface area contributed by atoms with Crippen molar-refractivity contribution in [3.05, 3.63) is 165 Å². The fraction of sp³-hybridized carbons (Fsp3) is 0.262. The first-order chi connectivity index (χ1) is 25.4. The molecule has 0 unspecified atom stereocenters. The second kappa shape index (κ2) is 16.3. The highest BCUT2D eigenvalue weighted by molar-refractivity contribution is 5.94. The molecule has 1 amide bonds. The minimum atomic E-state index is -0.572. The lowest BCUT2D eigenvalue weighted by Crippen LogP contribution is -2.49. The van der Waals surface area contributed by atoms with Crippen LogP contribution in [-0.2, 0) is 22.6 Å². The second-order valence-electron chi connectivity index (χ2n) is 13.2. The first-order valence-electron chi connectivity index (χ1n) is 17.7. The van der Waals surface area contributed by atoms with Gasteiger partial charge in [-0.2, -0.15) is 0 Å². The standard InChI is InChI=1S/C42H42N4O6/c47-29-30-10-12-32(13-11-30)40-26-38(28-44-22-24-45(25-23-44)36-18-20-37(21-19-36)46(49)50)51-42(52-40)34-16-14-31(15-17-34)39-9-5-4-8-35(39)27-43-41(48)33-6-2-1-3-7-33/h1-21,38,40,42,47H,22-29H2,(H,43,48)/t38-,40+,42+/m1/s1. The van der Waals surface area contributed by atoms with Gasteiger partial charge in [-0.15, -0.1) is 0 Å². The maximum atomic E-state index is 12.7. The molecule has 5 aromatic carbocycles. The van der Waals surface area contributed by atoms with Crippen LogP contribution >= 0.6 is 0 Å². The molecule has 5 aromatic rings. The van der Waals surface area contributed by atoms with E-state index in [0.29, 0.717) is 18.5 Å². The molecule has 2 saturated heterocycles. The van der Waals surface area contributed by atoms with Gasteiger partial charge in [0.25, 0.3) is 11.6 Å². The molecule has 2 fully saturated rings. The van der Waals surface area contributed by atoms with E-state index in [1.165, 1.54) is 0 Å². The van der Waals surface area contributed by atoms with Crippen molar-refractivity contribution in [3.8, 4) is 11.1 Å². The van der Waals surface area contributed by atoms with Crippen LogP contribution in [0, 0.1) is 10.1 Å². The summed E-state index contributed by atoms with van der Waals surface area (Å²) in [4.78, 5) is 28.1. The number of nitro groups is 1. The maximum Gasteiger partial charge on any atom is 0.269 e. The van der Waals surface area contributed by atoms with Crippen LogP contribution in [0.4, 0.5) is 11.4 Å². The van der Waals surface area contributed by atoms with Crippen LogP contribution in [0.1, 0.15) is 51.4 Å². The van der Waals surface area contributed by atoms with Crippen LogP contribution in [0.25, 0.3) is 11.1 Å². The molecule has 10 heteroatoms. The lowest BCUT2D eigenvalue weighted by molar-refractivity contribution is -0.384. The van der Waals surface area contributed by atoms with Gasteiger partial charge in [0, 0.05) is 74.6 Å². The van der Waals surface area contributed by atoms with E-state index in [4.69, 9.17) is 9.47 Å². The van der Waals surface area contributed by atoms with E-state index < -0.39 is 6.29 Å². The van der Waals surface area contributed by atoms with Crippen LogP contribution in [0.2, 0.25) is 0 Å². The van der Waals surface area contributed by atoms with Crippen LogP contribution < -0.4 is 10.2 Å². The summed E-state index contributed by atoms with van der Waals surface area (Å²) in [6.07, 6.45) is -0.151. The number of hydrogen-bond donors (Lipinski definition) is 2. The summed E-state index contributed by atoms with van der Waals surface area (Å²) < 4.78 is 13.3. The van der Waals surface area contributed by atoms with Crippen molar-refractivity contribution >= 4 is 17.3 Å². The predicted molar refractivity (Wildman–Crippen MR) is 200 cm³/mol. The van der Waals surface area contributed by atoms with E-state index in [2.05, 4.69) is 45.4 Å². The molecule has 0 radical (unpaired) electrons. The molecule has 10 nitrogen and oxygen atoms in total. The first kappa shape index (κ1) is 35.0. The molecule has 0 aromatic heterocycles. The third-order valence-corrected chi connectivity index (χ3v) is 9.86. The number of ether oxygens (including phenoxy) is 2. The Hall–Kier alpha value is -5.39. The minimum absolute atomic E-state index is 0.0130. The van der Waals surface area contributed by atoms with Gasteiger partial charge in [-0.05, 0) is 52.1 Å². The zero-order valence-electron chi connectivity index (χ0n) is 28.8. The number of aliphatic hydroxyl groups excluding tert-OH is 1. The Morgan fingerprint density at radius 2 is 1.46 bits per heavy atom. The predicted octanol–water partition coefficient (Wildman–Crippen LogP) is 7.05. The average Bonchev–Trinajstić information content (AvgIpc) is 3.20. The number of nitrogens with one attached hydrogen (secondary N) is 1. The number of nitro benzene ring substituents is 1. The van der Waals surface area contributed by atoms with Gasteiger partial charge in [-0.25, -0.2) is 0 Å². The van der Waals surface area contributed by atoms with Crippen molar-refractivity contribution in [2.75, 3.05) is 37.6 Å². The van der Waals surface area contributed by atoms with Gasteiger partial charge in [0.1, 0.15) is 0 Å². The quantitative estimate of drug-likeness (QED) is 0.111. The molecule has 2 heterocycles. The summed E-state index contributed by atoms with van der Waals surface area (Å²) in [5.41, 5.74) is 7.62. The maximum absolute atomic E-state index is 12.7. The van der Waals surface area contributed by atoms with E-state index in [1.807, 2.05) is 72.8 Å². The zero-order valence-corrected chi connectivity index (χ0v) is 28.8. The number of amides is 1. The van der Waals surface area contributed by atoms with Crippen molar-refractivity contribution in [3.63, 3.8) is 0 Å². The normalized spacial score (nSPS) is 19.2. The molecular weight excluding hydrogens is 656 g/mol. The molecule has 7 rings (SSSR count). The summed E-state index contributed by atoms with van der Waals surface area (Å²) in [7, 11) is 0. The second-order valence-corrected chi connectivity index (χ2v) is 13.2. The topological polar surface area (TPSA) is 117 Å². The molecular formula is C42H42N4O6. The number of benzene rings is 5. The molecule has 2 N–H and O–H groups in total. The zero-order chi connectivity index (χ0) is 35.9. The van der Waals surface area contributed by atoms with Gasteiger partial charge in [-0.1, -0.05) is 91.0 Å². The lowest BCUT2D eigenvalue weighted by Gasteiger charge is -2.41. The molecule has 3 atom stereocenters. The fourth-order valence-electron chi connectivity index (χ4n) is 6.94. The van der Waals surface area contributed by atoms with Crippen LogP contribution in [-0.4, -0.2) is 59.7 Å². The monoisotopic (exact) mass is 698 g/mol. The number of non-ortho nitro benzene ring substituents is 1. The summed E-state index contributed by atoms with van der Waals surface area (Å²) in [5.74, 6) is -0.112. The number of aliphatic hydroxyl groups is 1. The molecule has 0 aliphatic carbocycles. The van der Waals surface area contributed by atoms with Gasteiger partial charge in [-0.3, -0.25) is 19.8 Å². The summed E-state index contributed by atoms with van der Waals surface area (Å²) >= 11 is 0. The molecule has 0 bridgehead atoms.